The van der Waals surface area contributed by atoms with E-state index >= 15 is 0 Å². The SMILES string of the molecule is O=[N+]([O-])c1ccc(C2CNC(Cc3ccccc3)C2)cc1F. The van der Waals surface area contributed by atoms with Gasteiger partial charge in [0, 0.05) is 18.7 Å². The summed E-state index contributed by atoms with van der Waals surface area (Å²) >= 11 is 0. The van der Waals surface area contributed by atoms with Crippen molar-refractivity contribution in [3.63, 3.8) is 0 Å². The van der Waals surface area contributed by atoms with Crippen molar-refractivity contribution in [2.45, 2.75) is 24.8 Å². The van der Waals surface area contributed by atoms with Crippen LogP contribution in [0.1, 0.15) is 23.5 Å². The number of nitro benzene ring substituents is 1. The largest absolute Gasteiger partial charge is 0.313 e. The van der Waals surface area contributed by atoms with Gasteiger partial charge in [-0.25, -0.2) is 0 Å². The molecule has 1 saturated heterocycles. The minimum absolute atomic E-state index is 0.198. The van der Waals surface area contributed by atoms with Crippen LogP contribution in [-0.4, -0.2) is 17.5 Å². The summed E-state index contributed by atoms with van der Waals surface area (Å²) in [7, 11) is 0. The third-order valence-corrected chi connectivity index (χ3v) is 4.19. The molecule has 1 heterocycles. The van der Waals surface area contributed by atoms with E-state index in [9.17, 15) is 14.5 Å². The highest BCUT2D eigenvalue weighted by Gasteiger charge is 2.27. The Morgan fingerprint density at radius 3 is 2.68 bits per heavy atom. The first-order chi connectivity index (χ1) is 10.6. The van der Waals surface area contributed by atoms with Gasteiger partial charge in [-0.15, -0.1) is 0 Å². The second kappa shape index (κ2) is 6.23. The third-order valence-electron chi connectivity index (χ3n) is 4.19. The Bertz CT molecular complexity index is 676. The van der Waals surface area contributed by atoms with Gasteiger partial charge in [-0.1, -0.05) is 36.4 Å². The fourth-order valence-electron chi connectivity index (χ4n) is 3.05. The minimum Gasteiger partial charge on any atom is -0.313 e. The molecule has 0 radical (unpaired) electrons. The van der Waals surface area contributed by atoms with E-state index in [1.54, 1.807) is 6.07 Å². The van der Waals surface area contributed by atoms with Crippen LogP contribution in [0.15, 0.2) is 48.5 Å². The molecule has 114 valence electrons. The highest BCUT2D eigenvalue weighted by molar-refractivity contribution is 5.37. The normalized spacial score (nSPS) is 21.0. The lowest BCUT2D eigenvalue weighted by molar-refractivity contribution is -0.387. The third kappa shape index (κ3) is 3.14. The highest BCUT2D eigenvalue weighted by atomic mass is 19.1. The summed E-state index contributed by atoms with van der Waals surface area (Å²) < 4.78 is 13.7. The van der Waals surface area contributed by atoms with Crippen LogP contribution in [0.4, 0.5) is 10.1 Å². The van der Waals surface area contributed by atoms with E-state index < -0.39 is 16.4 Å². The number of rotatable bonds is 4. The van der Waals surface area contributed by atoms with Gasteiger partial charge in [0.15, 0.2) is 0 Å². The lowest BCUT2D eigenvalue weighted by Crippen LogP contribution is -2.23. The molecule has 2 unspecified atom stereocenters. The highest BCUT2D eigenvalue weighted by Crippen LogP contribution is 2.30. The van der Waals surface area contributed by atoms with E-state index in [2.05, 4.69) is 17.4 Å². The summed E-state index contributed by atoms with van der Waals surface area (Å²) in [5.74, 6) is -0.557. The standard InChI is InChI=1S/C17H17FN2O2/c18-16-10-13(6-7-17(16)20(21)22)14-9-15(19-11-14)8-12-4-2-1-3-5-12/h1-7,10,14-15,19H,8-9,11H2. The molecule has 2 aromatic rings. The molecule has 0 aromatic heterocycles. The molecule has 0 amide bonds. The molecule has 1 fully saturated rings. The number of halogens is 1. The summed E-state index contributed by atoms with van der Waals surface area (Å²) in [5, 5.41) is 14.1. The van der Waals surface area contributed by atoms with Gasteiger partial charge < -0.3 is 5.32 Å². The fourth-order valence-corrected chi connectivity index (χ4v) is 3.05. The quantitative estimate of drug-likeness (QED) is 0.695. The summed E-state index contributed by atoms with van der Waals surface area (Å²) in [6.07, 6.45) is 1.85. The lowest BCUT2D eigenvalue weighted by Gasteiger charge is -2.11. The predicted octanol–water partition coefficient (Wildman–Crippen LogP) is 3.42. The molecule has 0 bridgehead atoms. The molecule has 4 nitrogen and oxygen atoms in total. The molecule has 1 aliphatic rings. The first-order valence-corrected chi connectivity index (χ1v) is 7.34. The van der Waals surface area contributed by atoms with Crippen molar-refractivity contribution in [3.05, 3.63) is 75.6 Å². The summed E-state index contributed by atoms with van der Waals surface area (Å²) in [5.41, 5.74) is 1.64. The van der Waals surface area contributed by atoms with Crippen molar-refractivity contribution in [2.24, 2.45) is 0 Å². The molecule has 22 heavy (non-hydrogen) atoms. The second-order valence-corrected chi connectivity index (χ2v) is 5.70. The molecule has 2 atom stereocenters. The van der Waals surface area contributed by atoms with Crippen molar-refractivity contribution in [2.75, 3.05) is 6.54 Å². The Hall–Kier alpha value is -2.27. The van der Waals surface area contributed by atoms with Crippen LogP contribution in [0.3, 0.4) is 0 Å². The van der Waals surface area contributed by atoms with Gasteiger partial charge in [0.05, 0.1) is 4.92 Å². The Morgan fingerprint density at radius 1 is 1.23 bits per heavy atom. The Labute approximate surface area is 128 Å². The summed E-state index contributed by atoms with van der Waals surface area (Å²) in [6, 6.07) is 14.8. The average Bonchev–Trinajstić information content (AvgIpc) is 2.96. The first-order valence-electron chi connectivity index (χ1n) is 7.34. The van der Waals surface area contributed by atoms with Crippen molar-refractivity contribution in [1.29, 1.82) is 0 Å². The van der Waals surface area contributed by atoms with E-state index in [1.165, 1.54) is 17.7 Å². The minimum atomic E-state index is -0.756. The van der Waals surface area contributed by atoms with E-state index in [-0.39, 0.29) is 5.92 Å². The second-order valence-electron chi connectivity index (χ2n) is 5.70. The monoisotopic (exact) mass is 300 g/mol. The van der Waals surface area contributed by atoms with Gasteiger partial charge >= 0.3 is 5.69 Å². The molecule has 2 aromatic carbocycles. The van der Waals surface area contributed by atoms with Crippen molar-refractivity contribution < 1.29 is 9.31 Å². The number of nitrogens with zero attached hydrogens (tertiary/aromatic N) is 1. The van der Waals surface area contributed by atoms with Gasteiger partial charge in [-0.2, -0.15) is 4.39 Å². The molecular weight excluding hydrogens is 283 g/mol. The van der Waals surface area contributed by atoms with Crippen molar-refractivity contribution in [1.82, 2.24) is 5.32 Å². The molecule has 5 heteroatoms. The van der Waals surface area contributed by atoms with Gasteiger partial charge in [-0.05, 0) is 36.0 Å². The van der Waals surface area contributed by atoms with Gasteiger partial charge in [-0.3, -0.25) is 10.1 Å². The number of nitro groups is 1. The van der Waals surface area contributed by atoms with E-state index in [1.807, 2.05) is 18.2 Å². The maximum Gasteiger partial charge on any atom is 0.304 e. The summed E-state index contributed by atoms with van der Waals surface area (Å²) in [6.45, 7) is 0.773. The summed E-state index contributed by atoms with van der Waals surface area (Å²) in [4.78, 5) is 9.97. The molecule has 0 aliphatic carbocycles. The number of benzene rings is 2. The van der Waals surface area contributed by atoms with Crippen LogP contribution in [0, 0.1) is 15.9 Å². The van der Waals surface area contributed by atoms with E-state index in [0.29, 0.717) is 6.04 Å². The van der Waals surface area contributed by atoms with Crippen LogP contribution >= 0.6 is 0 Å². The van der Waals surface area contributed by atoms with Crippen LogP contribution < -0.4 is 5.32 Å². The molecule has 3 rings (SSSR count). The maximum absolute atomic E-state index is 13.7. The van der Waals surface area contributed by atoms with Crippen LogP contribution in [0.5, 0.6) is 0 Å². The van der Waals surface area contributed by atoms with E-state index in [0.717, 1.165) is 24.9 Å². The van der Waals surface area contributed by atoms with Gasteiger partial charge in [0.25, 0.3) is 0 Å². The molecule has 1 aliphatic heterocycles. The zero-order valence-electron chi connectivity index (χ0n) is 12.0. The number of hydrogen-bond acceptors (Lipinski definition) is 3. The molecular formula is C17H17FN2O2. The first kappa shape index (κ1) is 14.7. The van der Waals surface area contributed by atoms with Crippen molar-refractivity contribution >= 4 is 5.69 Å². The van der Waals surface area contributed by atoms with E-state index in [4.69, 9.17) is 0 Å². The zero-order chi connectivity index (χ0) is 15.5. The smallest absolute Gasteiger partial charge is 0.304 e. The topological polar surface area (TPSA) is 55.2 Å². The Morgan fingerprint density at radius 2 is 2.00 bits per heavy atom. The van der Waals surface area contributed by atoms with Crippen LogP contribution in [-0.2, 0) is 6.42 Å². The molecule has 0 saturated carbocycles. The van der Waals surface area contributed by atoms with Gasteiger partial charge in [0.1, 0.15) is 0 Å². The zero-order valence-corrected chi connectivity index (χ0v) is 12.0. The van der Waals surface area contributed by atoms with Crippen molar-refractivity contribution in [3.8, 4) is 0 Å². The van der Waals surface area contributed by atoms with Crippen LogP contribution in [0.2, 0.25) is 0 Å². The molecule has 1 N–H and O–H groups in total. The predicted molar refractivity (Wildman–Crippen MR) is 82.3 cm³/mol. The fraction of sp³-hybridized carbons (Fsp3) is 0.294. The number of hydrogen-bond donors (Lipinski definition) is 1. The number of nitrogens with one attached hydrogen (secondary N) is 1. The van der Waals surface area contributed by atoms with Crippen LogP contribution in [0.25, 0.3) is 0 Å². The van der Waals surface area contributed by atoms with Gasteiger partial charge in [0.2, 0.25) is 5.82 Å². The Kier molecular flexibility index (Phi) is 4.15. The maximum atomic E-state index is 13.7. The molecule has 0 spiro atoms. The lowest BCUT2D eigenvalue weighted by atomic mass is 9.94. The average molecular weight is 300 g/mol. The Balaban J connectivity index is 1.67.